The van der Waals surface area contributed by atoms with Gasteiger partial charge in [0.05, 0.1) is 5.01 Å². The number of nitrogens with one attached hydrogen (secondary N) is 1. The summed E-state index contributed by atoms with van der Waals surface area (Å²) in [6, 6.07) is 10.6. The highest BCUT2D eigenvalue weighted by Crippen LogP contribution is 2.15. The van der Waals surface area contributed by atoms with E-state index < -0.39 is 0 Å². The number of piperazine rings is 1. The zero-order chi connectivity index (χ0) is 17.5. The normalized spacial score (nSPS) is 14.9. The molecule has 2 heterocycles. The van der Waals surface area contributed by atoms with E-state index in [2.05, 4.69) is 67.7 Å². The number of halogens is 1. The zero-order valence-corrected chi connectivity index (χ0v) is 18.7. The van der Waals surface area contributed by atoms with Gasteiger partial charge in [-0.15, -0.1) is 35.3 Å². The van der Waals surface area contributed by atoms with Crippen LogP contribution in [0.5, 0.6) is 0 Å². The van der Waals surface area contributed by atoms with Crippen molar-refractivity contribution in [2.45, 2.75) is 19.8 Å². The standard InChI is InChI=1S/C19H27N5S.HI/c1-16-15-25-18(22-16)9-6-10-21-19(20-2)24-13-11-23(12-14-24)17-7-4-3-5-8-17;/h3-5,7-8,15H,6,9-14H2,1-2H3,(H,20,21);1H. The van der Waals surface area contributed by atoms with Gasteiger partial charge >= 0.3 is 0 Å². The quantitative estimate of drug-likeness (QED) is 0.305. The molecule has 5 nitrogen and oxygen atoms in total. The topological polar surface area (TPSA) is 43.8 Å². The lowest BCUT2D eigenvalue weighted by molar-refractivity contribution is 0.372. The highest BCUT2D eigenvalue weighted by Gasteiger charge is 2.19. The molecule has 0 spiro atoms. The number of aryl methyl sites for hydroxylation is 2. The Hall–Kier alpha value is -1.35. The molecule has 1 aliphatic rings. The smallest absolute Gasteiger partial charge is 0.193 e. The summed E-state index contributed by atoms with van der Waals surface area (Å²) in [5, 5.41) is 6.85. The van der Waals surface area contributed by atoms with Crippen LogP contribution in [0.15, 0.2) is 40.7 Å². The Morgan fingerprint density at radius 2 is 1.92 bits per heavy atom. The van der Waals surface area contributed by atoms with Gasteiger partial charge in [-0.3, -0.25) is 4.99 Å². The molecule has 0 unspecified atom stereocenters. The molecule has 0 bridgehead atoms. The summed E-state index contributed by atoms with van der Waals surface area (Å²) < 4.78 is 0. The maximum atomic E-state index is 4.52. The molecule has 1 aromatic carbocycles. The number of hydrogen-bond donors (Lipinski definition) is 1. The fourth-order valence-corrected chi connectivity index (χ4v) is 3.92. The van der Waals surface area contributed by atoms with Crippen molar-refractivity contribution in [1.29, 1.82) is 0 Å². The number of nitrogens with zero attached hydrogens (tertiary/aromatic N) is 4. The molecular formula is C19H28IN5S. The first kappa shape index (κ1) is 21.0. The number of thiazole rings is 1. The fraction of sp³-hybridized carbons (Fsp3) is 0.474. The minimum absolute atomic E-state index is 0. The molecule has 1 aliphatic heterocycles. The summed E-state index contributed by atoms with van der Waals surface area (Å²) >= 11 is 1.76. The van der Waals surface area contributed by atoms with Crippen LogP contribution in [-0.4, -0.2) is 55.6 Å². The number of hydrogen-bond acceptors (Lipinski definition) is 4. The minimum atomic E-state index is 0. The summed E-state index contributed by atoms with van der Waals surface area (Å²) in [6.07, 6.45) is 2.11. The van der Waals surface area contributed by atoms with Gasteiger partial charge in [0.2, 0.25) is 0 Å². The van der Waals surface area contributed by atoms with Crippen LogP contribution in [-0.2, 0) is 6.42 Å². The predicted molar refractivity (Wildman–Crippen MR) is 122 cm³/mol. The molecule has 26 heavy (non-hydrogen) atoms. The van der Waals surface area contributed by atoms with Crippen molar-refractivity contribution in [1.82, 2.24) is 15.2 Å². The second-order valence-electron chi connectivity index (χ2n) is 6.27. The SMILES string of the molecule is CN=C(NCCCc1nc(C)cs1)N1CCN(c2ccccc2)CC1.I. The van der Waals surface area contributed by atoms with E-state index >= 15 is 0 Å². The van der Waals surface area contributed by atoms with Gasteiger partial charge in [0.25, 0.3) is 0 Å². The van der Waals surface area contributed by atoms with Crippen molar-refractivity contribution in [3.63, 3.8) is 0 Å². The Morgan fingerprint density at radius 3 is 2.54 bits per heavy atom. The van der Waals surface area contributed by atoms with Crippen LogP contribution in [0.25, 0.3) is 0 Å². The van der Waals surface area contributed by atoms with Crippen LogP contribution in [0.4, 0.5) is 5.69 Å². The number of aromatic nitrogens is 1. The number of aliphatic imine (C=N–C) groups is 1. The molecule has 0 amide bonds. The van der Waals surface area contributed by atoms with Crippen LogP contribution in [0.3, 0.4) is 0 Å². The van der Waals surface area contributed by atoms with Gasteiger partial charge < -0.3 is 15.1 Å². The van der Waals surface area contributed by atoms with E-state index in [0.29, 0.717) is 0 Å². The minimum Gasteiger partial charge on any atom is -0.368 e. The molecule has 1 aromatic heterocycles. The van der Waals surface area contributed by atoms with E-state index in [4.69, 9.17) is 0 Å². The largest absolute Gasteiger partial charge is 0.368 e. The third-order valence-corrected chi connectivity index (χ3v) is 5.46. The van der Waals surface area contributed by atoms with Crippen LogP contribution in [0.1, 0.15) is 17.1 Å². The van der Waals surface area contributed by atoms with Crippen molar-refractivity contribution < 1.29 is 0 Å². The van der Waals surface area contributed by atoms with Crippen LogP contribution >= 0.6 is 35.3 Å². The molecule has 142 valence electrons. The van der Waals surface area contributed by atoms with Crippen LogP contribution in [0.2, 0.25) is 0 Å². The van der Waals surface area contributed by atoms with Crippen molar-refractivity contribution in [3.8, 4) is 0 Å². The number of para-hydroxylation sites is 1. The van der Waals surface area contributed by atoms with E-state index in [0.717, 1.165) is 57.2 Å². The molecule has 1 fully saturated rings. The lowest BCUT2D eigenvalue weighted by atomic mass is 10.2. The number of benzene rings is 1. The molecule has 3 rings (SSSR count). The molecule has 2 aromatic rings. The first-order chi connectivity index (χ1) is 12.3. The molecular weight excluding hydrogens is 457 g/mol. The van der Waals surface area contributed by atoms with Crippen molar-refractivity contribution in [3.05, 3.63) is 46.4 Å². The highest BCUT2D eigenvalue weighted by molar-refractivity contribution is 14.0. The van der Waals surface area contributed by atoms with Gasteiger partial charge in [-0.05, 0) is 25.5 Å². The maximum absolute atomic E-state index is 4.52. The average molecular weight is 485 g/mol. The third kappa shape index (κ3) is 5.84. The Balaban J connectivity index is 0.00000243. The Labute approximate surface area is 177 Å². The average Bonchev–Trinajstić information content (AvgIpc) is 3.08. The summed E-state index contributed by atoms with van der Waals surface area (Å²) in [6.45, 7) is 7.05. The lowest BCUT2D eigenvalue weighted by Crippen LogP contribution is -2.52. The van der Waals surface area contributed by atoms with Gasteiger partial charge in [-0.1, -0.05) is 18.2 Å². The molecule has 1 saturated heterocycles. The Kier molecular flexibility index (Phi) is 8.64. The predicted octanol–water partition coefficient (Wildman–Crippen LogP) is 3.40. The fourth-order valence-electron chi connectivity index (χ4n) is 3.10. The second-order valence-corrected chi connectivity index (χ2v) is 7.21. The Bertz CT molecular complexity index is 680. The monoisotopic (exact) mass is 485 g/mol. The first-order valence-electron chi connectivity index (χ1n) is 8.93. The summed E-state index contributed by atoms with van der Waals surface area (Å²) in [5.74, 6) is 1.02. The molecule has 7 heteroatoms. The van der Waals surface area contributed by atoms with Crippen molar-refractivity contribution in [2.75, 3.05) is 44.7 Å². The summed E-state index contributed by atoms with van der Waals surface area (Å²) in [7, 11) is 1.87. The van der Waals surface area contributed by atoms with E-state index in [1.54, 1.807) is 11.3 Å². The number of rotatable bonds is 5. The van der Waals surface area contributed by atoms with E-state index in [9.17, 15) is 0 Å². The van der Waals surface area contributed by atoms with Gasteiger partial charge in [0.1, 0.15) is 0 Å². The molecule has 0 saturated carbocycles. The molecule has 0 radical (unpaired) electrons. The maximum Gasteiger partial charge on any atom is 0.193 e. The highest BCUT2D eigenvalue weighted by atomic mass is 127. The van der Waals surface area contributed by atoms with Crippen molar-refractivity contribution >= 4 is 47.0 Å². The van der Waals surface area contributed by atoms with Gasteiger partial charge in [0, 0.05) is 63.0 Å². The Morgan fingerprint density at radius 1 is 1.19 bits per heavy atom. The number of guanidine groups is 1. The van der Waals surface area contributed by atoms with Crippen LogP contribution in [0, 0.1) is 6.92 Å². The van der Waals surface area contributed by atoms with Crippen molar-refractivity contribution in [2.24, 2.45) is 4.99 Å². The third-order valence-electron chi connectivity index (χ3n) is 4.43. The summed E-state index contributed by atoms with van der Waals surface area (Å²) in [4.78, 5) is 13.8. The zero-order valence-electron chi connectivity index (χ0n) is 15.5. The van der Waals surface area contributed by atoms with Gasteiger partial charge in [-0.2, -0.15) is 0 Å². The number of anilines is 1. The van der Waals surface area contributed by atoms with E-state index in [-0.39, 0.29) is 24.0 Å². The molecule has 0 aliphatic carbocycles. The molecule has 0 atom stereocenters. The second kappa shape index (κ2) is 10.7. The first-order valence-corrected chi connectivity index (χ1v) is 9.81. The lowest BCUT2D eigenvalue weighted by Gasteiger charge is -2.37. The van der Waals surface area contributed by atoms with E-state index in [1.165, 1.54) is 10.7 Å². The van der Waals surface area contributed by atoms with Crippen LogP contribution < -0.4 is 10.2 Å². The summed E-state index contributed by atoms with van der Waals surface area (Å²) in [5.41, 5.74) is 2.43. The van der Waals surface area contributed by atoms with Gasteiger partial charge in [0.15, 0.2) is 5.96 Å². The van der Waals surface area contributed by atoms with E-state index in [1.807, 2.05) is 7.05 Å². The van der Waals surface area contributed by atoms with Gasteiger partial charge in [-0.25, -0.2) is 4.98 Å². The molecule has 1 N–H and O–H groups in total.